The van der Waals surface area contributed by atoms with Crippen LogP contribution in [0.3, 0.4) is 0 Å². The Morgan fingerprint density at radius 2 is 1.90 bits per heavy atom. The summed E-state index contributed by atoms with van der Waals surface area (Å²) in [6.07, 6.45) is 4.03. The monoisotopic (exact) mass is 290 g/mol. The molecule has 1 aromatic heterocycles. The van der Waals surface area contributed by atoms with Crippen LogP contribution in [0.25, 0.3) is 0 Å². The van der Waals surface area contributed by atoms with Gasteiger partial charge in [-0.2, -0.15) is 4.98 Å². The highest BCUT2D eigenvalue weighted by atomic mass is 35.5. The molecular formula is C15H19ClN4. The maximum atomic E-state index is 5.86. The summed E-state index contributed by atoms with van der Waals surface area (Å²) in [5.74, 6) is 1.48. The Kier molecular flexibility index (Phi) is 5.62. The summed E-state index contributed by atoms with van der Waals surface area (Å²) in [6, 6.07) is 9.63. The minimum atomic E-state index is 0.666. The quantitative estimate of drug-likeness (QED) is 0.758. The molecule has 0 bridgehead atoms. The lowest BCUT2D eigenvalue weighted by atomic mass is 10.2. The van der Waals surface area contributed by atoms with Gasteiger partial charge >= 0.3 is 0 Å². The molecule has 0 spiro atoms. The van der Waals surface area contributed by atoms with Gasteiger partial charge in [0.1, 0.15) is 5.82 Å². The highest BCUT2D eigenvalue weighted by Crippen LogP contribution is 2.12. The van der Waals surface area contributed by atoms with Gasteiger partial charge in [-0.05, 0) is 30.2 Å². The van der Waals surface area contributed by atoms with Crippen molar-refractivity contribution in [2.75, 3.05) is 17.2 Å². The highest BCUT2D eigenvalue weighted by molar-refractivity contribution is 6.30. The summed E-state index contributed by atoms with van der Waals surface area (Å²) < 4.78 is 0. The fourth-order valence-corrected chi connectivity index (χ4v) is 1.84. The second kappa shape index (κ2) is 7.70. The minimum Gasteiger partial charge on any atom is -0.366 e. The summed E-state index contributed by atoms with van der Waals surface area (Å²) in [6.45, 7) is 3.77. The number of nitrogens with zero attached hydrogens (tertiary/aromatic N) is 2. The number of halogens is 1. The summed E-state index contributed by atoms with van der Waals surface area (Å²) in [5, 5.41) is 7.24. The first kappa shape index (κ1) is 14.6. The van der Waals surface area contributed by atoms with Gasteiger partial charge in [0.15, 0.2) is 0 Å². The van der Waals surface area contributed by atoms with Gasteiger partial charge < -0.3 is 10.6 Å². The van der Waals surface area contributed by atoms with E-state index in [1.54, 1.807) is 6.20 Å². The molecule has 0 fully saturated rings. The molecule has 0 saturated carbocycles. The van der Waals surface area contributed by atoms with E-state index in [2.05, 4.69) is 27.5 Å². The molecule has 0 amide bonds. The number of anilines is 2. The smallest absolute Gasteiger partial charge is 0.224 e. The van der Waals surface area contributed by atoms with Crippen LogP contribution in [0, 0.1) is 0 Å². The SMILES string of the molecule is CCCCNc1nccc(NCc2ccc(Cl)cc2)n1. The van der Waals surface area contributed by atoms with Crippen molar-refractivity contribution in [2.24, 2.45) is 0 Å². The lowest BCUT2D eigenvalue weighted by molar-refractivity contribution is 0.826. The average molecular weight is 291 g/mol. The number of hydrogen-bond donors (Lipinski definition) is 2. The van der Waals surface area contributed by atoms with Crippen molar-refractivity contribution < 1.29 is 0 Å². The number of unbranched alkanes of at least 4 members (excludes halogenated alkanes) is 1. The molecular weight excluding hydrogens is 272 g/mol. The van der Waals surface area contributed by atoms with E-state index in [1.165, 1.54) is 0 Å². The van der Waals surface area contributed by atoms with E-state index in [0.29, 0.717) is 12.5 Å². The first-order valence-corrected chi connectivity index (χ1v) is 7.21. The minimum absolute atomic E-state index is 0.666. The number of rotatable bonds is 7. The van der Waals surface area contributed by atoms with Gasteiger partial charge in [0.05, 0.1) is 0 Å². The molecule has 1 heterocycles. The molecule has 2 rings (SSSR count). The van der Waals surface area contributed by atoms with Crippen molar-refractivity contribution in [3.8, 4) is 0 Å². The molecule has 0 aliphatic heterocycles. The van der Waals surface area contributed by atoms with Crippen molar-refractivity contribution in [1.82, 2.24) is 9.97 Å². The molecule has 0 unspecified atom stereocenters. The Morgan fingerprint density at radius 3 is 2.65 bits per heavy atom. The molecule has 4 nitrogen and oxygen atoms in total. The molecule has 20 heavy (non-hydrogen) atoms. The van der Waals surface area contributed by atoms with Crippen LogP contribution >= 0.6 is 11.6 Å². The maximum Gasteiger partial charge on any atom is 0.224 e. The van der Waals surface area contributed by atoms with Crippen LogP contribution in [-0.4, -0.2) is 16.5 Å². The lowest BCUT2D eigenvalue weighted by Gasteiger charge is -2.08. The summed E-state index contributed by atoms with van der Waals surface area (Å²) in [4.78, 5) is 8.62. The topological polar surface area (TPSA) is 49.8 Å². The third kappa shape index (κ3) is 4.70. The van der Waals surface area contributed by atoms with Crippen LogP contribution in [-0.2, 0) is 6.54 Å². The van der Waals surface area contributed by atoms with Gasteiger partial charge in [-0.1, -0.05) is 37.1 Å². The second-order valence-electron chi connectivity index (χ2n) is 4.53. The van der Waals surface area contributed by atoms with Crippen molar-refractivity contribution in [2.45, 2.75) is 26.3 Å². The van der Waals surface area contributed by atoms with Crippen molar-refractivity contribution in [3.63, 3.8) is 0 Å². The highest BCUT2D eigenvalue weighted by Gasteiger charge is 1.99. The van der Waals surface area contributed by atoms with Crippen LogP contribution in [0.15, 0.2) is 36.5 Å². The summed E-state index contributed by atoms with van der Waals surface area (Å²) >= 11 is 5.86. The molecule has 1 aromatic carbocycles. The summed E-state index contributed by atoms with van der Waals surface area (Å²) in [7, 11) is 0. The van der Waals surface area contributed by atoms with Gasteiger partial charge in [-0.25, -0.2) is 4.98 Å². The van der Waals surface area contributed by atoms with E-state index in [-0.39, 0.29) is 0 Å². The first-order chi connectivity index (χ1) is 9.78. The van der Waals surface area contributed by atoms with Gasteiger partial charge in [0, 0.05) is 24.3 Å². The van der Waals surface area contributed by atoms with Crippen LogP contribution in [0.1, 0.15) is 25.3 Å². The van der Waals surface area contributed by atoms with Gasteiger partial charge in [-0.15, -0.1) is 0 Å². The van der Waals surface area contributed by atoms with E-state index >= 15 is 0 Å². The number of benzene rings is 1. The van der Waals surface area contributed by atoms with E-state index < -0.39 is 0 Å². The summed E-state index contributed by atoms with van der Waals surface area (Å²) in [5.41, 5.74) is 1.16. The Balaban J connectivity index is 1.89. The third-order valence-corrected chi connectivity index (χ3v) is 3.11. The van der Waals surface area contributed by atoms with Crippen molar-refractivity contribution >= 4 is 23.4 Å². The van der Waals surface area contributed by atoms with E-state index in [9.17, 15) is 0 Å². The molecule has 5 heteroatoms. The predicted molar refractivity (Wildman–Crippen MR) is 84.2 cm³/mol. The Morgan fingerprint density at radius 1 is 1.10 bits per heavy atom. The van der Waals surface area contributed by atoms with Crippen LogP contribution in [0.4, 0.5) is 11.8 Å². The molecule has 0 aliphatic rings. The molecule has 2 aromatic rings. The van der Waals surface area contributed by atoms with Gasteiger partial charge in [0.25, 0.3) is 0 Å². The fraction of sp³-hybridized carbons (Fsp3) is 0.333. The number of aromatic nitrogens is 2. The third-order valence-electron chi connectivity index (χ3n) is 2.86. The predicted octanol–water partition coefficient (Wildman–Crippen LogP) is 3.95. The molecule has 0 aliphatic carbocycles. The molecule has 0 saturated heterocycles. The van der Waals surface area contributed by atoms with Crippen LogP contribution in [0.2, 0.25) is 5.02 Å². The Labute approximate surface area is 124 Å². The number of nitrogens with one attached hydrogen (secondary N) is 2. The number of hydrogen-bond acceptors (Lipinski definition) is 4. The standard InChI is InChI=1S/C15H19ClN4/c1-2-3-9-17-15-18-10-8-14(20-15)19-11-12-4-6-13(16)7-5-12/h4-8,10H,2-3,9,11H2,1H3,(H2,17,18,19,20). The largest absolute Gasteiger partial charge is 0.366 e. The molecule has 0 radical (unpaired) electrons. The first-order valence-electron chi connectivity index (χ1n) is 6.83. The second-order valence-corrected chi connectivity index (χ2v) is 4.96. The zero-order valence-corrected chi connectivity index (χ0v) is 12.3. The molecule has 2 N–H and O–H groups in total. The fourth-order valence-electron chi connectivity index (χ4n) is 1.71. The van der Waals surface area contributed by atoms with Crippen molar-refractivity contribution in [3.05, 3.63) is 47.1 Å². The maximum absolute atomic E-state index is 5.86. The van der Waals surface area contributed by atoms with Crippen molar-refractivity contribution in [1.29, 1.82) is 0 Å². The zero-order valence-electron chi connectivity index (χ0n) is 11.6. The van der Waals surface area contributed by atoms with E-state index in [4.69, 9.17) is 11.6 Å². The lowest BCUT2D eigenvalue weighted by Crippen LogP contribution is -2.07. The Bertz CT molecular complexity index is 528. The molecule has 106 valence electrons. The van der Waals surface area contributed by atoms with Crippen LogP contribution in [0.5, 0.6) is 0 Å². The van der Waals surface area contributed by atoms with E-state index in [1.807, 2.05) is 30.3 Å². The molecule has 0 atom stereocenters. The Hall–Kier alpha value is -1.81. The zero-order chi connectivity index (χ0) is 14.2. The normalized spacial score (nSPS) is 10.3. The van der Waals surface area contributed by atoms with E-state index in [0.717, 1.165) is 35.8 Å². The van der Waals surface area contributed by atoms with Gasteiger partial charge in [0.2, 0.25) is 5.95 Å². The van der Waals surface area contributed by atoms with Gasteiger partial charge in [-0.3, -0.25) is 0 Å². The average Bonchev–Trinajstić information content (AvgIpc) is 2.47. The van der Waals surface area contributed by atoms with Crippen LogP contribution < -0.4 is 10.6 Å².